The Morgan fingerprint density at radius 1 is 1.09 bits per heavy atom. The number of hydrogen-bond acceptors (Lipinski definition) is 3. The number of anilines is 1. The molecule has 0 spiro atoms. The van der Waals surface area contributed by atoms with Crippen LogP contribution in [0.2, 0.25) is 0 Å². The Morgan fingerprint density at radius 3 is 2.52 bits per heavy atom. The van der Waals surface area contributed by atoms with Gasteiger partial charge in [-0.15, -0.1) is 0 Å². The van der Waals surface area contributed by atoms with Gasteiger partial charge < -0.3 is 5.11 Å². The van der Waals surface area contributed by atoms with Crippen LogP contribution in [0.4, 0.5) is 5.69 Å². The van der Waals surface area contributed by atoms with E-state index in [0.29, 0.717) is 22.6 Å². The molecule has 2 aromatic carbocycles. The van der Waals surface area contributed by atoms with Crippen molar-refractivity contribution in [1.82, 2.24) is 0 Å². The molecule has 2 aromatic rings. The fraction of sp³-hybridized carbons (Fsp3) is 0.333. The molecule has 23 heavy (non-hydrogen) atoms. The number of aryl methyl sites for hydroxylation is 3. The number of para-hydroxylation sites is 1. The lowest BCUT2D eigenvalue weighted by Crippen LogP contribution is -2.37. The third kappa shape index (κ3) is 2.64. The van der Waals surface area contributed by atoms with Crippen LogP contribution in [0, 0.1) is 20.8 Å². The van der Waals surface area contributed by atoms with Crippen LogP contribution < -0.4 is 4.31 Å². The molecular formula is C18H21NO3S. The summed E-state index contributed by atoms with van der Waals surface area (Å²) in [4.78, 5) is 0.327. The molecule has 0 saturated heterocycles. The number of aliphatic hydroxyl groups is 1. The van der Waals surface area contributed by atoms with Gasteiger partial charge in [0.2, 0.25) is 0 Å². The van der Waals surface area contributed by atoms with Gasteiger partial charge in [-0.1, -0.05) is 35.9 Å². The highest BCUT2D eigenvalue weighted by atomic mass is 32.2. The smallest absolute Gasteiger partial charge is 0.264 e. The Kier molecular flexibility index (Phi) is 3.94. The van der Waals surface area contributed by atoms with Gasteiger partial charge in [-0.2, -0.15) is 0 Å². The molecule has 1 aliphatic heterocycles. The van der Waals surface area contributed by atoms with Crippen LogP contribution in [0.15, 0.2) is 41.3 Å². The highest BCUT2D eigenvalue weighted by molar-refractivity contribution is 7.92. The number of aliphatic hydroxyl groups excluding tert-OH is 1. The van der Waals surface area contributed by atoms with Crippen molar-refractivity contribution in [2.75, 3.05) is 10.8 Å². The van der Waals surface area contributed by atoms with Crippen LogP contribution in [0.5, 0.6) is 0 Å². The summed E-state index contributed by atoms with van der Waals surface area (Å²) < 4.78 is 27.8. The molecule has 1 aliphatic rings. The molecule has 0 radical (unpaired) electrons. The van der Waals surface area contributed by atoms with Crippen LogP contribution in [0.25, 0.3) is 0 Å². The van der Waals surface area contributed by atoms with E-state index in [2.05, 4.69) is 0 Å². The standard InChI is InChI=1S/C18H21NO3S/c1-12-7-8-17(14(3)11-12)23(21,22)19-10-9-16(20)15-6-4-5-13(2)18(15)19/h4-8,11,16,20H,9-10H2,1-3H3. The topological polar surface area (TPSA) is 57.6 Å². The van der Waals surface area contributed by atoms with E-state index in [4.69, 9.17) is 0 Å². The average Bonchev–Trinajstić information content (AvgIpc) is 2.48. The Bertz CT molecular complexity index is 859. The van der Waals surface area contributed by atoms with Crippen molar-refractivity contribution in [2.45, 2.75) is 38.2 Å². The minimum Gasteiger partial charge on any atom is -0.388 e. The zero-order chi connectivity index (χ0) is 16.8. The molecule has 1 heterocycles. The lowest BCUT2D eigenvalue weighted by molar-refractivity contribution is 0.166. The summed E-state index contributed by atoms with van der Waals surface area (Å²) in [6.45, 7) is 5.92. The van der Waals surface area contributed by atoms with Gasteiger partial charge >= 0.3 is 0 Å². The monoisotopic (exact) mass is 331 g/mol. The summed E-state index contributed by atoms with van der Waals surface area (Å²) in [5, 5.41) is 10.2. The van der Waals surface area contributed by atoms with Crippen molar-refractivity contribution in [2.24, 2.45) is 0 Å². The fourth-order valence-electron chi connectivity index (χ4n) is 3.25. The predicted molar refractivity (Wildman–Crippen MR) is 91.2 cm³/mol. The van der Waals surface area contributed by atoms with E-state index >= 15 is 0 Å². The van der Waals surface area contributed by atoms with E-state index < -0.39 is 16.1 Å². The normalized spacial score (nSPS) is 17.9. The Balaban J connectivity index is 2.18. The van der Waals surface area contributed by atoms with Gasteiger partial charge in [-0.3, -0.25) is 4.31 Å². The van der Waals surface area contributed by atoms with E-state index in [0.717, 1.165) is 16.7 Å². The maximum Gasteiger partial charge on any atom is 0.264 e. The Hall–Kier alpha value is -1.85. The van der Waals surface area contributed by atoms with Gasteiger partial charge in [-0.25, -0.2) is 8.42 Å². The number of hydrogen-bond donors (Lipinski definition) is 1. The first kappa shape index (κ1) is 16.0. The van der Waals surface area contributed by atoms with Crippen molar-refractivity contribution >= 4 is 15.7 Å². The first-order chi connectivity index (χ1) is 10.8. The highest BCUT2D eigenvalue weighted by Gasteiger charge is 2.34. The molecular weight excluding hydrogens is 310 g/mol. The van der Waals surface area contributed by atoms with E-state index in [1.54, 1.807) is 12.1 Å². The van der Waals surface area contributed by atoms with Crippen molar-refractivity contribution in [3.63, 3.8) is 0 Å². The predicted octanol–water partition coefficient (Wildman–Crippen LogP) is 3.24. The van der Waals surface area contributed by atoms with Crippen molar-refractivity contribution in [1.29, 1.82) is 0 Å². The quantitative estimate of drug-likeness (QED) is 0.919. The van der Waals surface area contributed by atoms with Gasteiger partial charge in [0.05, 0.1) is 16.7 Å². The van der Waals surface area contributed by atoms with Gasteiger partial charge in [-0.05, 0) is 44.4 Å². The molecule has 0 fully saturated rings. The summed E-state index contributed by atoms with van der Waals surface area (Å²) in [6, 6.07) is 10.9. The number of fused-ring (bicyclic) bond motifs is 1. The molecule has 0 saturated carbocycles. The summed E-state index contributed by atoms with van der Waals surface area (Å²) in [5.74, 6) is 0. The maximum absolute atomic E-state index is 13.2. The average molecular weight is 331 g/mol. The van der Waals surface area contributed by atoms with Crippen LogP contribution in [0.1, 0.15) is 34.8 Å². The molecule has 1 N–H and O–H groups in total. The van der Waals surface area contributed by atoms with E-state index in [-0.39, 0.29) is 6.54 Å². The van der Waals surface area contributed by atoms with E-state index in [1.807, 2.05) is 45.0 Å². The fourth-order valence-corrected chi connectivity index (χ4v) is 5.02. The van der Waals surface area contributed by atoms with Gasteiger partial charge in [0.15, 0.2) is 0 Å². The first-order valence-electron chi connectivity index (χ1n) is 7.70. The lowest BCUT2D eigenvalue weighted by atomic mass is 9.98. The summed E-state index contributed by atoms with van der Waals surface area (Å²) in [7, 11) is -3.65. The van der Waals surface area contributed by atoms with Crippen molar-refractivity contribution in [3.8, 4) is 0 Å². The first-order valence-corrected chi connectivity index (χ1v) is 9.14. The Morgan fingerprint density at radius 2 is 1.83 bits per heavy atom. The van der Waals surface area contributed by atoms with Crippen LogP contribution >= 0.6 is 0 Å². The largest absolute Gasteiger partial charge is 0.388 e. The van der Waals surface area contributed by atoms with Gasteiger partial charge in [0, 0.05) is 12.1 Å². The molecule has 0 bridgehead atoms. The second-order valence-corrected chi connectivity index (χ2v) is 7.99. The third-order valence-corrected chi connectivity index (χ3v) is 6.34. The van der Waals surface area contributed by atoms with E-state index in [9.17, 15) is 13.5 Å². The molecule has 0 aliphatic carbocycles. The second kappa shape index (κ2) is 5.65. The molecule has 4 nitrogen and oxygen atoms in total. The zero-order valence-corrected chi connectivity index (χ0v) is 14.4. The molecule has 1 atom stereocenters. The zero-order valence-electron chi connectivity index (χ0n) is 13.6. The molecule has 5 heteroatoms. The molecule has 3 rings (SSSR count). The SMILES string of the molecule is Cc1ccc(S(=O)(=O)N2CCC(O)c3cccc(C)c32)c(C)c1. The van der Waals surface area contributed by atoms with Crippen LogP contribution in [-0.2, 0) is 10.0 Å². The summed E-state index contributed by atoms with van der Waals surface area (Å²) >= 11 is 0. The van der Waals surface area contributed by atoms with Gasteiger partial charge in [0.1, 0.15) is 0 Å². The van der Waals surface area contributed by atoms with Gasteiger partial charge in [0.25, 0.3) is 10.0 Å². The molecule has 0 amide bonds. The number of sulfonamides is 1. The van der Waals surface area contributed by atoms with Crippen LogP contribution in [0.3, 0.4) is 0 Å². The third-order valence-electron chi connectivity index (χ3n) is 4.38. The summed E-state index contributed by atoms with van der Waals surface area (Å²) in [5.41, 5.74) is 3.93. The number of rotatable bonds is 2. The van der Waals surface area contributed by atoms with Crippen molar-refractivity contribution < 1.29 is 13.5 Å². The number of nitrogens with zero attached hydrogens (tertiary/aromatic N) is 1. The van der Waals surface area contributed by atoms with E-state index in [1.165, 1.54) is 4.31 Å². The molecule has 1 unspecified atom stereocenters. The van der Waals surface area contributed by atoms with Crippen molar-refractivity contribution in [3.05, 3.63) is 58.7 Å². The minimum atomic E-state index is -3.65. The maximum atomic E-state index is 13.2. The molecule has 0 aromatic heterocycles. The van der Waals surface area contributed by atoms with Crippen LogP contribution in [-0.4, -0.2) is 20.1 Å². The highest BCUT2D eigenvalue weighted by Crippen LogP contribution is 2.39. The Labute approximate surface area is 137 Å². The summed E-state index contributed by atoms with van der Waals surface area (Å²) in [6.07, 6.45) is -0.212. The lowest BCUT2D eigenvalue weighted by Gasteiger charge is -2.34. The molecule has 122 valence electrons. The second-order valence-electron chi connectivity index (χ2n) is 6.16. The number of benzene rings is 2. The minimum absolute atomic E-state index is 0.286.